The van der Waals surface area contributed by atoms with Gasteiger partial charge in [0.05, 0.1) is 4.90 Å². The third-order valence-corrected chi connectivity index (χ3v) is 4.24. The van der Waals surface area contributed by atoms with Crippen LogP contribution in [-0.2, 0) is 16.6 Å². The van der Waals surface area contributed by atoms with Gasteiger partial charge in [0.15, 0.2) is 0 Å². The van der Waals surface area contributed by atoms with Crippen LogP contribution in [0.3, 0.4) is 0 Å². The summed E-state index contributed by atoms with van der Waals surface area (Å²) in [5, 5.41) is 3.21. The van der Waals surface area contributed by atoms with Gasteiger partial charge in [0.2, 0.25) is 10.0 Å². The van der Waals surface area contributed by atoms with E-state index in [1.807, 2.05) is 33.8 Å². The van der Waals surface area contributed by atoms with E-state index in [0.29, 0.717) is 11.4 Å². The van der Waals surface area contributed by atoms with E-state index < -0.39 is 10.0 Å². The zero-order chi connectivity index (χ0) is 13.8. The van der Waals surface area contributed by atoms with E-state index >= 15 is 0 Å². The van der Waals surface area contributed by atoms with E-state index in [1.165, 1.54) is 0 Å². The molecule has 4 nitrogen and oxygen atoms in total. The molecule has 0 spiro atoms. The summed E-state index contributed by atoms with van der Waals surface area (Å²) in [6.07, 6.45) is 0. The molecule has 0 fully saturated rings. The van der Waals surface area contributed by atoms with Crippen LogP contribution in [0.5, 0.6) is 0 Å². The standard InChI is InChI=1S/C13H22N2O2S/c1-5-14-9-12-8-13(7-6-11(12)4)18(16,17)15-10(2)3/h6-8,10,14-15H,5,9H2,1-4H3. The molecule has 0 aromatic heterocycles. The van der Waals surface area contributed by atoms with Crippen LogP contribution in [0, 0.1) is 6.92 Å². The van der Waals surface area contributed by atoms with Gasteiger partial charge in [-0.1, -0.05) is 13.0 Å². The second-order valence-electron chi connectivity index (χ2n) is 4.64. The Kier molecular flexibility index (Phi) is 5.31. The minimum atomic E-state index is -3.40. The second kappa shape index (κ2) is 6.31. The van der Waals surface area contributed by atoms with Crippen molar-refractivity contribution in [3.63, 3.8) is 0 Å². The summed E-state index contributed by atoms with van der Waals surface area (Å²) >= 11 is 0. The number of hydrogen-bond acceptors (Lipinski definition) is 3. The molecule has 0 amide bonds. The molecule has 0 radical (unpaired) electrons. The molecule has 0 saturated carbocycles. The van der Waals surface area contributed by atoms with Crippen LogP contribution >= 0.6 is 0 Å². The molecule has 2 N–H and O–H groups in total. The number of rotatable bonds is 6. The SMILES string of the molecule is CCNCc1cc(S(=O)(=O)NC(C)C)ccc1C. The van der Waals surface area contributed by atoms with E-state index in [0.717, 1.165) is 17.7 Å². The van der Waals surface area contributed by atoms with Crippen LogP contribution < -0.4 is 10.0 Å². The number of benzene rings is 1. The first-order valence-electron chi connectivity index (χ1n) is 6.19. The Morgan fingerprint density at radius 2 is 1.94 bits per heavy atom. The molecular weight excluding hydrogens is 248 g/mol. The largest absolute Gasteiger partial charge is 0.313 e. The van der Waals surface area contributed by atoms with Gasteiger partial charge in [0.25, 0.3) is 0 Å². The monoisotopic (exact) mass is 270 g/mol. The summed E-state index contributed by atoms with van der Waals surface area (Å²) in [4.78, 5) is 0.328. The molecule has 0 bridgehead atoms. The predicted molar refractivity (Wildman–Crippen MR) is 74.0 cm³/mol. The van der Waals surface area contributed by atoms with Crippen LogP contribution in [0.15, 0.2) is 23.1 Å². The molecule has 0 saturated heterocycles. The fourth-order valence-corrected chi connectivity index (χ4v) is 2.94. The molecular formula is C13H22N2O2S. The Hall–Kier alpha value is -0.910. The molecule has 102 valence electrons. The van der Waals surface area contributed by atoms with E-state index in [-0.39, 0.29) is 6.04 Å². The van der Waals surface area contributed by atoms with Crippen LogP contribution in [0.4, 0.5) is 0 Å². The van der Waals surface area contributed by atoms with Gasteiger partial charge >= 0.3 is 0 Å². The highest BCUT2D eigenvalue weighted by molar-refractivity contribution is 7.89. The van der Waals surface area contributed by atoms with Gasteiger partial charge in [0.1, 0.15) is 0 Å². The highest BCUT2D eigenvalue weighted by Gasteiger charge is 2.16. The Morgan fingerprint density at radius 3 is 2.50 bits per heavy atom. The third-order valence-electron chi connectivity index (χ3n) is 2.59. The summed E-state index contributed by atoms with van der Waals surface area (Å²) in [5.41, 5.74) is 2.11. The lowest BCUT2D eigenvalue weighted by Crippen LogP contribution is -2.30. The van der Waals surface area contributed by atoms with Crippen molar-refractivity contribution >= 4 is 10.0 Å². The van der Waals surface area contributed by atoms with E-state index in [2.05, 4.69) is 10.0 Å². The third kappa shape index (κ3) is 4.08. The van der Waals surface area contributed by atoms with Gasteiger partial charge in [-0.3, -0.25) is 0 Å². The maximum absolute atomic E-state index is 12.0. The Morgan fingerprint density at radius 1 is 1.28 bits per heavy atom. The zero-order valence-corrected chi connectivity index (χ0v) is 12.3. The molecule has 1 aromatic rings. The Bertz CT molecular complexity index is 496. The number of hydrogen-bond donors (Lipinski definition) is 2. The van der Waals surface area contributed by atoms with Gasteiger partial charge in [0, 0.05) is 12.6 Å². The quantitative estimate of drug-likeness (QED) is 0.828. The van der Waals surface area contributed by atoms with Crippen LogP contribution in [0.25, 0.3) is 0 Å². The molecule has 0 heterocycles. The lowest BCUT2D eigenvalue weighted by atomic mass is 10.1. The van der Waals surface area contributed by atoms with E-state index in [9.17, 15) is 8.42 Å². The molecule has 0 unspecified atom stereocenters. The Labute approximate surface area is 110 Å². The summed E-state index contributed by atoms with van der Waals surface area (Å²) in [7, 11) is -3.40. The van der Waals surface area contributed by atoms with Crippen molar-refractivity contribution in [2.75, 3.05) is 6.54 Å². The maximum atomic E-state index is 12.0. The van der Waals surface area contributed by atoms with Gasteiger partial charge in [-0.05, 0) is 50.6 Å². The van der Waals surface area contributed by atoms with Crippen LogP contribution in [0.1, 0.15) is 31.9 Å². The van der Waals surface area contributed by atoms with Crippen molar-refractivity contribution in [3.05, 3.63) is 29.3 Å². The van der Waals surface area contributed by atoms with Crippen molar-refractivity contribution in [2.45, 2.75) is 45.2 Å². The van der Waals surface area contributed by atoms with Gasteiger partial charge in [-0.25, -0.2) is 13.1 Å². The summed E-state index contributed by atoms with van der Waals surface area (Å²) in [6.45, 7) is 9.18. The van der Waals surface area contributed by atoms with Gasteiger partial charge < -0.3 is 5.32 Å². The highest BCUT2D eigenvalue weighted by Crippen LogP contribution is 2.15. The molecule has 1 aromatic carbocycles. The highest BCUT2D eigenvalue weighted by atomic mass is 32.2. The zero-order valence-electron chi connectivity index (χ0n) is 11.4. The number of sulfonamides is 1. The lowest BCUT2D eigenvalue weighted by molar-refractivity contribution is 0.569. The van der Waals surface area contributed by atoms with Crippen LogP contribution in [0.2, 0.25) is 0 Å². The Balaban J connectivity index is 3.04. The van der Waals surface area contributed by atoms with E-state index in [1.54, 1.807) is 12.1 Å². The minimum absolute atomic E-state index is 0.103. The maximum Gasteiger partial charge on any atom is 0.240 e. The average molecular weight is 270 g/mol. The van der Waals surface area contributed by atoms with Crippen LogP contribution in [-0.4, -0.2) is 21.0 Å². The number of aryl methyl sites for hydroxylation is 1. The van der Waals surface area contributed by atoms with Gasteiger partial charge in [-0.15, -0.1) is 0 Å². The minimum Gasteiger partial charge on any atom is -0.313 e. The molecule has 18 heavy (non-hydrogen) atoms. The van der Waals surface area contributed by atoms with Crippen molar-refractivity contribution in [2.24, 2.45) is 0 Å². The van der Waals surface area contributed by atoms with Crippen molar-refractivity contribution in [1.29, 1.82) is 0 Å². The number of nitrogens with one attached hydrogen (secondary N) is 2. The molecule has 0 aliphatic carbocycles. The normalized spacial score (nSPS) is 12.1. The fraction of sp³-hybridized carbons (Fsp3) is 0.538. The van der Waals surface area contributed by atoms with Gasteiger partial charge in [-0.2, -0.15) is 0 Å². The first kappa shape index (κ1) is 15.1. The summed E-state index contributed by atoms with van der Waals surface area (Å²) in [5.74, 6) is 0. The molecule has 0 atom stereocenters. The topological polar surface area (TPSA) is 58.2 Å². The average Bonchev–Trinajstić information content (AvgIpc) is 2.26. The van der Waals surface area contributed by atoms with Crippen molar-refractivity contribution < 1.29 is 8.42 Å². The fourth-order valence-electron chi connectivity index (χ4n) is 1.64. The second-order valence-corrected chi connectivity index (χ2v) is 6.36. The molecule has 1 rings (SSSR count). The first-order chi connectivity index (χ1) is 8.36. The summed E-state index contributed by atoms with van der Waals surface area (Å²) < 4.78 is 26.7. The molecule has 0 aliphatic heterocycles. The molecule has 5 heteroatoms. The van der Waals surface area contributed by atoms with E-state index in [4.69, 9.17) is 0 Å². The summed E-state index contributed by atoms with van der Waals surface area (Å²) in [6, 6.07) is 5.13. The lowest BCUT2D eigenvalue weighted by Gasteiger charge is -2.12. The van der Waals surface area contributed by atoms with Crippen molar-refractivity contribution in [1.82, 2.24) is 10.0 Å². The predicted octanol–water partition coefficient (Wildman–Crippen LogP) is 1.79. The first-order valence-corrected chi connectivity index (χ1v) is 7.67. The van der Waals surface area contributed by atoms with Crippen molar-refractivity contribution in [3.8, 4) is 0 Å². The molecule has 0 aliphatic rings. The smallest absolute Gasteiger partial charge is 0.240 e.